The molecular weight excluding hydrogens is 272 g/mol. The van der Waals surface area contributed by atoms with Crippen molar-refractivity contribution >= 4 is 5.78 Å². The fraction of sp³-hybridized carbons (Fsp3) is 0.588. The van der Waals surface area contributed by atoms with Crippen molar-refractivity contribution in [2.45, 2.75) is 50.5 Å². The molecule has 0 radical (unpaired) electrons. The second kappa shape index (κ2) is 6.65. The molecule has 0 saturated heterocycles. The molecule has 2 nitrogen and oxygen atoms in total. The summed E-state index contributed by atoms with van der Waals surface area (Å²) in [6.45, 7) is 0. The van der Waals surface area contributed by atoms with E-state index in [2.05, 4.69) is 0 Å². The molecule has 0 heterocycles. The van der Waals surface area contributed by atoms with Gasteiger partial charge in [-0.25, -0.2) is 8.78 Å². The van der Waals surface area contributed by atoms with E-state index in [1.807, 2.05) is 19.0 Å². The summed E-state index contributed by atoms with van der Waals surface area (Å²) in [5.74, 6) is -1.19. The van der Waals surface area contributed by atoms with Gasteiger partial charge in [0.2, 0.25) is 0 Å². The Labute approximate surface area is 125 Å². The van der Waals surface area contributed by atoms with Crippen LogP contribution in [0.5, 0.6) is 0 Å². The van der Waals surface area contributed by atoms with Crippen molar-refractivity contribution in [3.05, 3.63) is 35.4 Å². The first-order valence-corrected chi connectivity index (χ1v) is 7.60. The van der Waals surface area contributed by atoms with Gasteiger partial charge in [-0.05, 0) is 44.6 Å². The topological polar surface area (TPSA) is 20.3 Å². The minimum Gasteiger partial charge on any atom is -0.297 e. The number of carbonyl (C=O) groups excluding carboxylic acids is 1. The fourth-order valence-corrected chi connectivity index (χ4v) is 3.35. The van der Waals surface area contributed by atoms with Gasteiger partial charge in [-0.1, -0.05) is 25.7 Å². The predicted molar refractivity (Wildman–Crippen MR) is 79.2 cm³/mol. The highest BCUT2D eigenvalue weighted by Crippen LogP contribution is 2.33. The molecule has 1 aromatic rings. The first-order valence-electron chi connectivity index (χ1n) is 7.60. The molecule has 1 aromatic carbocycles. The molecule has 0 atom stereocenters. The van der Waals surface area contributed by atoms with Crippen molar-refractivity contribution in [3.63, 3.8) is 0 Å². The molecule has 4 heteroatoms. The van der Waals surface area contributed by atoms with Crippen LogP contribution in [0.1, 0.15) is 44.1 Å². The van der Waals surface area contributed by atoms with Crippen molar-refractivity contribution in [1.82, 2.24) is 4.90 Å². The maximum atomic E-state index is 13.3. The van der Waals surface area contributed by atoms with Crippen LogP contribution in [0.15, 0.2) is 18.2 Å². The van der Waals surface area contributed by atoms with E-state index in [1.165, 1.54) is 12.1 Å². The minimum atomic E-state index is -0.627. The Balaban J connectivity index is 2.22. The van der Waals surface area contributed by atoms with Crippen LogP contribution in [0.25, 0.3) is 0 Å². The highest BCUT2D eigenvalue weighted by Gasteiger charge is 2.39. The molecule has 0 spiro atoms. The summed E-state index contributed by atoms with van der Waals surface area (Å²) < 4.78 is 26.6. The number of carbonyl (C=O) groups is 1. The lowest BCUT2D eigenvalue weighted by atomic mass is 9.82. The van der Waals surface area contributed by atoms with E-state index in [0.717, 1.165) is 44.6 Å². The SMILES string of the molecule is CN(C)C1(C(=O)Cc2cc(F)cc(F)c2)CCCCCC1. The first-order chi connectivity index (χ1) is 9.94. The number of halogens is 2. The van der Waals surface area contributed by atoms with E-state index in [9.17, 15) is 13.6 Å². The smallest absolute Gasteiger partial charge is 0.157 e. The Morgan fingerprint density at radius 1 is 1.05 bits per heavy atom. The summed E-state index contributed by atoms with van der Waals surface area (Å²) in [5.41, 5.74) is -0.0674. The van der Waals surface area contributed by atoms with E-state index >= 15 is 0 Å². The average Bonchev–Trinajstić information content (AvgIpc) is 2.63. The van der Waals surface area contributed by atoms with E-state index in [-0.39, 0.29) is 12.2 Å². The number of Topliss-reactive ketones (excluding diaryl/α,β-unsaturated/α-hetero) is 1. The van der Waals surface area contributed by atoms with Crippen LogP contribution in [0, 0.1) is 11.6 Å². The van der Waals surface area contributed by atoms with E-state index in [1.54, 1.807) is 0 Å². The van der Waals surface area contributed by atoms with Crippen molar-refractivity contribution in [1.29, 1.82) is 0 Å². The molecular formula is C17H23F2NO. The standard InChI is InChI=1S/C17H23F2NO/c1-20(2)17(7-5-3-4-6-8-17)16(21)11-13-9-14(18)12-15(19)10-13/h9-10,12H,3-8,11H2,1-2H3. The Morgan fingerprint density at radius 2 is 1.57 bits per heavy atom. The van der Waals surface area contributed by atoms with Crippen LogP contribution in [0.2, 0.25) is 0 Å². The number of hydrogen-bond donors (Lipinski definition) is 0. The van der Waals surface area contributed by atoms with Gasteiger partial charge in [0.15, 0.2) is 5.78 Å². The lowest BCUT2D eigenvalue weighted by molar-refractivity contribution is -0.130. The van der Waals surface area contributed by atoms with Crippen LogP contribution in [0.4, 0.5) is 8.78 Å². The highest BCUT2D eigenvalue weighted by atomic mass is 19.1. The molecule has 21 heavy (non-hydrogen) atoms. The van der Waals surface area contributed by atoms with Gasteiger partial charge in [-0.15, -0.1) is 0 Å². The van der Waals surface area contributed by atoms with Crippen LogP contribution in [0.3, 0.4) is 0 Å². The monoisotopic (exact) mass is 295 g/mol. The maximum absolute atomic E-state index is 13.3. The molecule has 0 aromatic heterocycles. The van der Waals surface area contributed by atoms with E-state index in [0.29, 0.717) is 5.56 Å². The normalized spacial score (nSPS) is 18.5. The lowest BCUT2D eigenvalue weighted by Crippen LogP contribution is -2.51. The molecule has 1 saturated carbocycles. The predicted octanol–water partition coefficient (Wildman–Crippen LogP) is 3.73. The number of nitrogens with zero attached hydrogens (tertiary/aromatic N) is 1. The third-order valence-electron chi connectivity index (χ3n) is 4.59. The summed E-state index contributed by atoms with van der Waals surface area (Å²) in [6, 6.07) is 3.34. The van der Waals surface area contributed by atoms with Crippen molar-refractivity contribution < 1.29 is 13.6 Å². The Morgan fingerprint density at radius 3 is 2.05 bits per heavy atom. The largest absolute Gasteiger partial charge is 0.297 e. The second-order valence-corrected chi connectivity index (χ2v) is 6.22. The van der Waals surface area contributed by atoms with Crippen LogP contribution >= 0.6 is 0 Å². The molecule has 0 N–H and O–H groups in total. The number of likely N-dealkylation sites (N-methyl/N-ethyl adjacent to an activating group) is 1. The van der Waals surface area contributed by atoms with Gasteiger partial charge in [0, 0.05) is 12.5 Å². The Hall–Kier alpha value is -1.29. The highest BCUT2D eigenvalue weighted by molar-refractivity contribution is 5.90. The molecule has 0 bridgehead atoms. The number of ketones is 1. The minimum absolute atomic E-state index is 0.0689. The molecule has 0 amide bonds. The third-order valence-corrected chi connectivity index (χ3v) is 4.59. The van der Waals surface area contributed by atoms with Crippen molar-refractivity contribution in [2.24, 2.45) is 0 Å². The molecule has 116 valence electrons. The van der Waals surface area contributed by atoms with Crippen LogP contribution in [-0.4, -0.2) is 30.3 Å². The fourth-order valence-electron chi connectivity index (χ4n) is 3.35. The van der Waals surface area contributed by atoms with Gasteiger partial charge in [0.05, 0.1) is 5.54 Å². The molecule has 1 fully saturated rings. The number of hydrogen-bond acceptors (Lipinski definition) is 2. The van der Waals surface area contributed by atoms with E-state index < -0.39 is 17.2 Å². The van der Waals surface area contributed by atoms with Crippen LogP contribution in [-0.2, 0) is 11.2 Å². The Bertz CT molecular complexity index is 485. The second-order valence-electron chi connectivity index (χ2n) is 6.22. The lowest BCUT2D eigenvalue weighted by Gasteiger charge is -2.38. The average molecular weight is 295 g/mol. The quantitative estimate of drug-likeness (QED) is 0.789. The Kier molecular flexibility index (Phi) is 5.09. The number of benzene rings is 1. The summed E-state index contributed by atoms with van der Waals surface area (Å²) in [6.07, 6.45) is 6.11. The van der Waals surface area contributed by atoms with Gasteiger partial charge < -0.3 is 0 Å². The molecule has 1 aliphatic carbocycles. The van der Waals surface area contributed by atoms with Gasteiger partial charge in [0.25, 0.3) is 0 Å². The zero-order valence-corrected chi connectivity index (χ0v) is 12.8. The first kappa shape index (κ1) is 16.1. The molecule has 0 unspecified atom stereocenters. The van der Waals surface area contributed by atoms with Gasteiger partial charge >= 0.3 is 0 Å². The molecule has 0 aliphatic heterocycles. The van der Waals surface area contributed by atoms with Crippen molar-refractivity contribution in [3.8, 4) is 0 Å². The third kappa shape index (κ3) is 3.67. The van der Waals surface area contributed by atoms with E-state index in [4.69, 9.17) is 0 Å². The van der Waals surface area contributed by atoms with Gasteiger partial charge in [0.1, 0.15) is 11.6 Å². The molecule has 1 aliphatic rings. The van der Waals surface area contributed by atoms with Crippen LogP contribution < -0.4 is 0 Å². The summed E-state index contributed by atoms with van der Waals surface area (Å²) in [7, 11) is 3.85. The van der Waals surface area contributed by atoms with Gasteiger partial charge in [-0.2, -0.15) is 0 Å². The molecule has 2 rings (SSSR count). The van der Waals surface area contributed by atoms with Crippen molar-refractivity contribution in [2.75, 3.05) is 14.1 Å². The van der Waals surface area contributed by atoms with Gasteiger partial charge in [-0.3, -0.25) is 9.69 Å². The summed E-state index contributed by atoms with van der Waals surface area (Å²) in [4.78, 5) is 14.8. The summed E-state index contributed by atoms with van der Waals surface area (Å²) >= 11 is 0. The zero-order chi connectivity index (χ0) is 15.5. The number of rotatable bonds is 4. The summed E-state index contributed by atoms with van der Waals surface area (Å²) in [5, 5.41) is 0. The maximum Gasteiger partial charge on any atom is 0.157 e. The zero-order valence-electron chi connectivity index (χ0n) is 12.8.